The van der Waals surface area contributed by atoms with E-state index in [0.29, 0.717) is 28.9 Å². The molecule has 0 aliphatic rings. The molecule has 0 spiro atoms. The third kappa shape index (κ3) is 6.84. The van der Waals surface area contributed by atoms with E-state index in [1.165, 1.54) is 0 Å². The topological polar surface area (TPSA) is 33.7 Å². The molecule has 1 N–H and O–H groups in total. The van der Waals surface area contributed by atoms with E-state index in [4.69, 9.17) is 32.7 Å². The van der Waals surface area contributed by atoms with Gasteiger partial charge in [0.25, 0.3) is 0 Å². The highest BCUT2D eigenvalue weighted by molar-refractivity contribution is 9.10. The van der Waals surface area contributed by atoms with E-state index in [1.807, 2.05) is 24.3 Å². The molecule has 2 rings (SSSR count). The lowest BCUT2D eigenvalue weighted by atomic mass is 10.1. The predicted molar refractivity (Wildman–Crippen MR) is 116 cm³/mol. The van der Waals surface area contributed by atoms with Crippen LogP contribution in [-0.2, 0) is 13.2 Å². The fourth-order valence-corrected chi connectivity index (χ4v) is 3.36. The monoisotopic (exact) mass is 474 g/mol. The molecule has 0 aromatic heterocycles. The Labute approximate surface area is 179 Å². The maximum absolute atomic E-state index is 6.11. The van der Waals surface area contributed by atoms with Crippen LogP contribution < -0.4 is 14.8 Å². The Hall–Kier alpha value is -0.980. The van der Waals surface area contributed by atoms with Crippen molar-refractivity contribution in [1.29, 1.82) is 0 Å². The van der Waals surface area contributed by atoms with Crippen molar-refractivity contribution in [2.75, 3.05) is 34.3 Å². The van der Waals surface area contributed by atoms with Gasteiger partial charge in [0.2, 0.25) is 0 Å². The molecule has 7 heteroatoms. The van der Waals surface area contributed by atoms with Gasteiger partial charge in [0, 0.05) is 16.6 Å². The van der Waals surface area contributed by atoms with Crippen LogP contribution in [0, 0.1) is 0 Å². The van der Waals surface area contributed by atoms with Gasteiger partial charge in [-0.1, -0.05) is 45.2 Å². The van der Waals surface area contributed by atoms with Crippen LogP contribution in [0.15, 0.2) is 34.8 Å². The minimum absolute atomic E-state index is 0.372. The molecule has 0 aliphatic heterocycles. The van der Waals surface area contributed by atoms with Crippen LogP contribution in [0.3, 0.4) is 0 Å². The second kappa shape index (κ2) is 11.1. The molecule has 27 heavy (non-hydrogen) atoms. The van der Waals surface area contributed by atoms with Crippen molar-refractivity contribution in [2.45, 2.75) is 19.6 Å². The van der Waals surface area contributed by atoms with Crippen LogP contribution in [0.25, 0.3) is 0 Å². The molecule has 0 fully saturated rings. The molecule has 148 valence electrons. The Morgan fingerprint density at radius 1 is 1.11 bits per heavy atom. The second-order valence-corrected chi connectivity index (χ2v) is 8.10. The van der Waals surface area contributed by atoms with Crippen LogP contribution in [0.5, 0.6) is 11.5 Å². The first-order valence-corrected chi connectivity index (χ1v) is 10.2. The summed E-state index contributed by atoms with van der Waals surface area (Å²) in [6.07, 6.45) is 1.08. The summed E-state index contributed by atoms with van der Waals surface area (Å²) >= 11 is 15.7. The highest BCUT2D eigenvalue weighted by atomic mass is 79.9. The summed E-state index contributed by atoms with van der Waals surface area (Å²) in [6, 6.07) is 9.35. The number of ether oxygens (including phenoxy) is 2. The Bertz CT molecular complexity index is 757. The Kier molecular flexibility index (Phi) is 9.19. The molecule has 0 aliphatic carbocycles. The van der Waals surface area contributed by atoms with Crippen LogP contribution in [0.4, 0.5) is 0 Å². The van der Waals surface area contributed by atoms with Gasteiger partial charge in [0.15, 0.2) is 11.5 Å². The van der Waals surface area contributed by atoms with E-state index in [1.54, 1.807) is 13.2 Å². The molecule has 0 radical (unpaired) electrons. The SMILES string of the molecule is COc1ccc(Br)c(CNCCCN(C)C)c1OCc1ccc(Cl)c(Cl)c1. The second-order valence-electron chi connectivity index (χ2n) is 6.43. The van der Waals surface area contributed by atoms with Gasteiger partial charge in [-0.25, -0.2) is 0 Å². The van der Waals surface area contributed by atoms with Crippen molar-refractivity contribution in [3.05, 3.63) is 56.0 Å². The van der Waals surface area contributed by atoms with Gasteiger partial charge in [0.05, 0.1) is 17.2 Å². The Morgan fingerprint density at radius 3 is 2.56 bits per heavy atom. The molecule has 0 saturated heterocycles. The normalized spacial score (nSPS) is 11.1. The lowest BCUT2D eigenvalue weighted by Crippen LogP contribution is -2.21. The van der Waals surface area contributed by atoms with Gasteiger partial charge in [0.1, 0.15) is 6.61 Å². The zero-order valence-electron chi connectivity index (χ0n) is 15.8. The summed E-state index contributed by atoms with van der Waals surface area (Å²) in [5.41, 5.74) is 1.97. The van der Waals surface area contributed by atoms with E-state index in [-0.39, 0.29) is 0 Å². The zero-order chi connectivity index (χ0) is 19.8. The fraction of sp³-hybridized carbons (Fsp3) is 0.400. The first-order chi connectivity index (χ1) is 12.9. The largest absolute Gasteiger partial charge is 0.493 e. The van der Waals surface area contributed by atoms with Gasteiger partial charge in [-0.15, -0.1) is 0 Å². The maximum Gasteiger partial charge on any atom is 0.167 e. The fourth-order valence-electron chi connectivity index (χ4n) is 2.58. The summed E-state index contributed by atoms with van der Waals surface area (Å²) < 4.78 is 12.6. The number of hydrogen-bond acceptors (Lipinski definition) is 4. The summed E-state index contributed by atoms with van der Waals surface area (Å²) in [7, 11) is 5.80. The first kappa shape index (κ1) is 22.3. The minimum atomic E-state index is 0.372. The third-order valence-electron chi connectivity index (χ3n) is 4.01. The maximum atomic E-state index is 6.11. The first-order valence-electron chi connectivity index (χ1n) is 8.70. The van der Waals surface area contributed by atoms with E-state index in [2.05, 4.69) is 40.2 Å². The van der Waals surface area contributed by atoms with Crippen molar-refractivity contribution >= 4 is 39.1 Å². The van der Waals surface area contributed by atoms with Crippen LogP contribution in [-0.4, -0.2) is 39.2 Å². The van der Waals surface area contributed by atoms with Crippen molar-refractivity contribution in [3.8, 4) is 11.5 Å². The molecule has 0 amide bonds. The molecule has 0 heterocycles. The molecule has 0 atom stereocenters. The molecule has 2 aromatic carbocycles. The molecule has 2 aromatic rings. The van der Waals surface area contributed by atoms with Crippen LogP contribution in [0.1, 0.15) is 17.5 Å². The molecule has 0 saturated carbocycles. The quantitative estimate of drug-likeness (QED) is 0.467. The van der Waals surface area contributed by atoms with Gasteiger partial charge >= 0.3 is 0 Å². The number of hydrogen-bond donors (Lipinski definition) is 1. The smallest absolute Gasteiger partial charge is 0.167 e. The van der Waals surface area contributed by atoms with Crippen molar-refractivity contribution in [1.82, 2.24) is 10.2 Å². The minimum Gasteiger partial charge on any atom is -0.493 e. The van der Waals surface area contributed by atoms with Crippen molar-refractivity contribution in [3.63, 3.8) is 0 Å². The standard InChI is InChI=1S/C20H25BrCl2N2O2/c1-25(2)10-4-9-24-12-15-16(21)6-8-19(26-3)20(15)27-13-14-5-7-17(22)18(23)11-14/h5-8,11,24H,4,9-10,12-13H2,1-3H3. The Balaban J connectivity index is 2.10. The number of halogens is 3. The van der Waals surface area contributed by atoms with E-state index in [0.717, 1.165) is 40.9 Å². The Morgan fingerprint density at radius 2 is 1.89 bits per heavy atom. The summed E-state index contributed by atoms with van der Waals surface area (Å²) in [5.74, 6) is 1.42. The third-order valence-corrected chi connectivity index (χ3v) is 5.50. The molecule has 0 bridgehead atoms. The average molecular weight is 476 g/mol. The lowest BCUT2D eigenvalue weighted by molar-refractivity contribution is 0.280. The van der Waals surface area contributed by atoms with Crippen molar-refractivity contribution < 1.29 is 9.47 Å². The number of nitrogens with zero attached hydrogens (tertiary/aromatic N) is 1. The lowest BCUT2D eigenvalue weighted by Gasteiger charge is -2.18. The molecule has 4 nitrogen and oxygen atoms in total. The number of methoxy groups -OCH3 is 1. The zero-order valence-corrected chi connectivity index (χ0v) is 18.9. The van der Waals surface area contributed by atoms with E-state index < -0.39 is 0 Å². The molecule has 0 unspecified atom stereocenters. The van der Waals surface area contributed by atoms with Gasteiger partial charge in [-0.05, 0) is 63.4 Å². The van der Waals surface area contributed by atoms with Crippen LogP contribution in [0.2, 0.25) is 10.0 Å². The molecular weight excluding hydrogens is 451 g/mol. The van der Waals surface area contributed by atoms with Gasteiger partial charge in [-0.3, -0.25) is 0 Å². The highest BCUT2D eigenvalue weighted by Crippen LogP contribution is 2.37. The summed E-state index contributed by atoms with van der Waals surface area (Å²) in [5, 5.41) is 4.52. The van der Waals surface area contributed by atoms with Gasteiger partial charge < -0.3 is 19.7 Å². The predicted octanol–water partition coefficient (Wildman–Crippen LogP) is 5.38. The van der Waals surface area contributed by atoms with E-state index >= 15 is 0 Å². The average Bonchev–Trinajstić information content (AvgIpc) is 2.63. The molecular formula is C20H25BrCl2N2O2. The van der Waals surface area contributed by atoms with Crippen LogP contribution >= 0.6 is 39.1 Å². The number of benzene rings is 2. The summed E-state index contributed by atoms with van der Waals surface area (Å²) in [6.45, 7) is 3.03. The number of nitrogens with one attached hydrogen (secondary N) is 1. The van der Waals surface area contributed by atoms with Crippen molar-refractivity contribution in [2.24, 2.45) is 0 Å². The van der Waals surface area contributed by atoms with E-state index in [9.17, 15) is 0 Å². The highest BCUT2D eigenvalue weighted by Gasteiger charge is 2.15. The van der Waals surface area contributed by atoms with Gasteiger partial charge in [-0.2, -0.15) is 0 Å². The summed E-state index contributed by atoms with van der Waals surface area (Å²) in [4.78, 5) is 2.18. The number of rotatable bonds is 10.